The van der Waals surface area contributed by atoms with Crippen LogP contribution in [-0.2, 0) is 0 Å². The Morgan fingerprint density at radius 2 is 1.71 bits per heavy atom. The fourth-order valence-corrected chi connectivity index (χ4v) is 2.36. The number of amides is 1. The second-order valence-electron chi connectivity index (χ2n) is 4.96. The minimum absolute atomic E-state index is 0.106. The summed E-state index contributed by atoms with van der Waals surface area (Å²) < 4.78 is 0. The van der Waals surface area contributed by atoms with Crippen molar-refractivity contribution in [2.24, 2.45) is 0 Å². The highest BCUT2D eigenvalue weighted by Gasteiger charge is 2.14. The molecule has 0 aliphatic heterocycles. The van der Waals surface area contributed by atoms with Gasteiger partial charge in [0.15, 0.2) is 0 Å². The molecule has 2 N–H and O–H groups in total. The van der Waals surface area contributed by atoms with Crippen LogP contribution in [0.2, 0.25) is 0 Å². The van der Waals surface area contributed by atoms with Crippen molar-refractivity contribution in [1.29, 1.82) is 0 Å². The highest BCUT2D eigenvalue weighted by Crippen LogP contribution is 2.18. The number of hydrogen-bond donors (Lipinski definition) is 2. The lowest BCUT2D eigenvalue weighted by Gasteiger charge is -2.12. The molecule has 0 saturated carbocycles. The molecule has 0 atom stereocenters. The number of anilines is 1. The molecule has 0 aliphatic rings. The van der Waals surface area contributed by atoms with E-state index in [1.807, 2.05) is 32.9 Å². The summed E-state index contributed by atoms with van der Waals surface area (Å²) in [5.41, 5.74) is 3.78. The van der Waals surface area contributed by atoms with E-state index in [4.69, 9.17) is 5.11 Å². The van der Waals surface area contributed by atoms with Crippen LogP contribution >= 0.6 is 0 Å². The third kappa shape index (κ3) is 3.25. The second-order valence-corrected chi connectivity index (χ2v) is 4.96. The van der Waals surface area contributed by atoms with Crippen LogP contribution < -0.4 is 5.32 Å². The fourth-order valence-electron chi connectivity index (χ4n) is 2.36. The Labute approximate surface area is 122 Å². The summed E-state index contributed by atoms with van der Waals surface area (Å²) in [7, 11) is 0. The summed E-state index contributed by atoms with van der Waals surface area (Å²) in [6.07, 6.45) is 1.36. The first kappa shape index (κ1) is 14.7. The van der Waals surface area contributed by atoms with Crippen LogP contribution in [0.3, 0.4) is 0 Å². The van der Waals surface area contributed by atoms with Gasteiger partial charge in [-0.25, -0.2) is 9.78 Å². The highest BCUT2D eigenvalue weighted by atomic mass is 16.4. The molecular formula is C16H16N2O3. The average Bonchev–Trinajstić information content (AvgIpc) is 2.37. The van der Waals surface area contributed by atoms with Crippen LogP contribution in [-0.4, -0.2) is 22.0 Å². The Morgan fingerprint density at radius 3 is 2.29 bits per heavy atom. The predicted molar refractivity (Wildman–Crippen MR) is 79.8 cm³/mol. The van der Waals surface area contributed by atoms with Crippen molar-refractivity contribution in [1.82, 2.24) is 4.98 Å². The standard InChI is InChI=1S/C16H16N2O3/c1-9-6-10(2)14(11(3)7-9)15(19)18-12-4-5-17-13(8-12)16(20)21/h4-8H,1-3H3,(H,20,21)(H,17,18,19). The summed E-state index contributed by atoms with van der Waals surface area (Å²) in [5, 5.41) is 11.6. The molecule has 1 aromatic carbocycles. The van der Waals surface area contributed by atoms with Gasteiger partial charge in [0.2, 0.25) is 0 Å². The number of benzene rings is 1. The quantitative estimate of drug-likeness (QED) is 0.908. The molecule has 0 unspecified atom stereocenters. The molecule has 0 fully saturated rings. The van der Waals surface area contributed by atoms with Gasteiger partial charge in [-0.1, -0.05) is 17.7 Å². The number of carboxylic acids is 1. The normalized spacial score (nSPS) is 10.2. The number of carbonyl (C=O) groups is 2. The van der Waals surface area contributed by atoms with E-state index in [1.165, 1.54) is 12.3 Å². The first-order valence-corrected chi connectivity index (χ1v) is 6.47. The third-order valence-corrected chi connectivity index (χ3v) is 3.14. The van der Waals surface area contributed by atoms with Crippen LogP contribution in [0.15, 0.2) is 30.5 Å². The van der Waals surface area contributed by atoms with Gasteiger partial charge < -0.3 is 10.4 Å². The molecule has 0 spiro atoms. The molecule has 108 valence electrons. The van der Waals surface area contributed by atoms with Crippen molar-refractivity contribution in [2.45, 2.75) is 20.8 Å². The van der Waals surface area contributed by atoms with Gasteiger partial charge in [0.1, 0.15) is 5.69 Å². The fraction of sp³-hybridized carbons (Fsp3) is 0.188. The van der Waals surface area contributed by atoms with Crippen LogP contribution in [0.1, 0.15) is 37.5 Å². The largest absolute Gasteiger partial charge is 0.477 e. The molecule has 0 saturated heterocycles. The molecule has 0 radical (unpaired) electrons. The zero-order valence-electron chi connectivity index (χ0n) is 12.1. The summed E-state index contributed by atoms with van der Waals surface area (Å²) in [4.78, 5) is 27.0. The van der Waals surface area contributed by atoms with Crippen LogP contribution in [0.4, 0.5) is 5.69 Å². The Balaban J connectivity index is 2.30. The minimum atomic E-state index is -1.13. The number of pyridine rings is 1. The number of nitrogens with one attached hydrogen (secondary N) is 1. The summed E-state index contributed by atoms with van der Waals surface area (Å²) in [6.45, 7) is 5.73. The Bertz CT molecular complexity index is 700. The lowest BCUT2D eigenvalue weighted by atomic mass is 9.99. The van der Waals surface area contributed by atoms with E-state index < -0.39 is 5.97 Å². The smallest absolute Gasteiger partial charge is 0.354 e. The molecular weight excluding hydrogens is 268 g/mol. The Kier molecular flexibility index (Phi) is 4.03. The first-order chi connectivity index (χ1) is 9.88. The molecule has 2 aromatic rings. The van der Waals surface area contributed by atoms with Crippen LogP contribution in [0, 0.1) is 20.8 Å². The number of aryl methyl sites for hydroxylation is 3. The Morgan fingerprint density at radius 1 is 1.10 bits per heavy atom. The van der Waals surface area contributed by atoms with Gasteiger partial charge in [-0.2, -0.15) is 0 Å². The maximum absolute atomic E-state index is 12.4. The van der Waals surface area contributed by atoms with E-state index in [-0.39, 0.29) is 11.6 Å². The van der Waals surface area contributed by atoms with E-state index in [1.54, 1.807) is 6.07 Å². The highest BCUT2D eigenvalue weighted by molar-refractivity contribution is 6.06. The van der Waals surface area contributed by atoms with E-state index in [9.17, 15) is 9.59 Å². The van der Waals surface area contributed by atoms with Gasteiger partial charge in [-0.15, -0.1) is 0 Å². The summed E-state index contributed by atoms with van der Waals surface area (Å²) in [5.74, 6) is -1.39. The van der Waals surface area contributed by atoms with Gasteiger partial charge in [0.25, 0.3) is 5.91 Å². The van der Waals surface area contributed by atoms with Gasteiger partial charge >= 0.3 is 5.97 Å². The minimum Gasteiger partial charge on any atom is -0.477 e. The molecule has 0 bridgehead atoms. The number of aromatic nitrogens is 1. The topological polar surface area (TPSA) is 79.3 Å². The van der Waals surface area contributed by atoms with Crippen molar-refractivity contribution >= 4 is 17.6 Å². The molecule has 2 rings (SSSR count). The molecule has 5 heteroatoms. The van der Waals surface area contributed by atoms with Crippen molar-refractivity contribution in [2.75, 3.05) is 5.32 Å². The van der Waals surface area contributed by atoms with E-state index in [2.05, 4.69) is 10.3 Å². The number of nitrogens with zero attached hydrogens (tertiary/aromatic N) is 1. The molecule has 21 heavy (non-hydrogen) atoms. The maximum Gasteiger partial charge on any atom is 0.354 e. The zero-order chi connectivity index (χ0) is 15.6. The van der Waals surface area contributed by atoms with Crippen molar-refractivity contribution in [3.63, 3.8) is 0 Å². The van der Waals surface area contributed by atoms with Gasteiger partial charge in [-0.3, -0.25) is 4.79 Å². The Hall–Kier alpha value is -2.69. The molecule has 1 amide bonds. The lowest BCUT2D eigenvalue weighted by Crippen LogP contribution is -2.16. The summed E-state index contributed by atoms with van der Waals surface area (Å²) >= 11 is 0. The number of aromatic carboxylic acids is 1. The van der Waals surface area contributed by atoms with E-state index in [0.717, 1.165) is 16.7 Å². The van der Waals surface area contributed by atoms with Crippen molar-refractivity contribution in [3.8, 4) is 0 Å². The van der Waals surface area contributed by atoms with Crippen molar-refractivity contribution in [3.05, 3.63) is 58.4 Å². The van der Waals surface area contributed by atoms with Gasteiger partial charge in [-0.05, 0) is 44.0 Å². The molecule has 0 aliphatic carbocycles. The van der Waals surface area contributed by atoms with Gasteiger partial charge in [0, 0.05) is 17.4 Å². The summed E-state index contributed by atoms with van der Waals surface area (Å²) in [6, 6.07) is 6.77. The van der Waals surface area contributed by atoms with Gasteiger partial charge in [0.05, 0.1) is 0 Å². The monoisotopic (exact) mass is 284 g/mol. The number of carboxylic acid groups (broad SMARTS) is 1. The average molecular weight is 284 g/mol. The second kappa shape index (κ2) is 5.75. The molecule has 1 aromatic heterocycles. The van der Waals surface area contributed by atoms with Crippen molar-refractivity contribution < 1.29 is 14.7 Å². The van der Waals surface area contributed by atoms with E-state index in [0.29, 0.717) is 11.3 Å². The number of carbonyl (C=O) groups excluding carboxylic acids is 1. The van der Waals surface area contributed by atoms with Crippen LogP contribution in [0.5, 0.6) is 0 Å². The third-order valence-electron chi connectivity index (χ3n) is 3.14. The zero-order valence-corrected chi connectivity index (χ0v) is 12.1. The molecule has 5 nitrogen and oxygen atoms in total. The molecule has 1 heterocycles. The SMILES string of the molecule is Cc1cc(C)c(C(=O)Nc2ccnc(C(=O)O)c2)c(C)c1. The number of hydrogen-bond acceptors (Lipinski definition) is 3. The van der Waals surface area contributed by atoms with Crippen LogP contribution in [0.25, 0.3) is 0 Å². The predicted octanol–water partition coefficient (Wildman–Crippen LogP) is 2.96. The lowest BCUT2D eigenvalue weighted by molar-refractivity contribution is 0.0690. The number of rotatable bonds is 3. The first-order valence-electron chi connectivity index (χ1n) is 6.47. The maximum atomic E-state index is 12.4. The van der Waals surface area contributed by atoms with E-state index >= 15 is 0 Å².